The average Bonchev–Trinajstić information content (AvgIpc) is 1.58. The number of aromatic nitrogens is 8. The smallest absolute Gasteiger partial charge is 0.339 e. The fourth-order valence-corrected chi connectivity index (χ4v) is 12.3. The summed E-state index contributed by atoms with van der Waals surface area (Å²) in [5, 5.41) is 110. The van der Waals surface area contributed by atoms with Crippen LogP contribution in [0.2, 0.25) is 0 Å². The fourth-order valence-electron chi connectivity index (χ4n) is 8.43. The van der Waals surface area contributed by atoms with E-state index in [1.54, 1.807) is 123 Å². The van der Waals surface area contributed by atoms with Gasteiger partial charge >= 0.3 is 34.1 Å². The molecule has 0 aliphatic heterocycles. The number of phenolic OH excluding ortho intramolecular Hbond substituents is 7. The maximum atomic E-state index is 12.5. The molecular weight excluding hydrogens is 2490 g/mol. The third-order valence-corrected chi connectivity index (χ3v) is 22.9. The molecule has 0 spiro atoms. The lowest BCUT2D eigenvalue weighted by atomic mass is 10.2. The lowest BCUT2D eigenvalue weighted by molar-refractivity contribution is -0.121. The molecule has 35 nitrogen and oxygen atoms in total. The van der Waals surface area contributed by atoms with Gasteiger partial charge in [0.15, 0.2) is 5.75 Å². The molecule has 3 amide bonds. The van der Waals surface area contributed by atoms with Gasteiger partial charge in [-0.3, -0.25) is 30.7 Å². The summed E-state index contributed by atoms with van der Waals surface area (Å²) in [5.74, 6) is 5.36. The Morgan fingerprint density at radius 1 is 0.433 bits per heavy atom. The van der Waals surface area contributed by atoms with E-state index in [-0.39, 0.29) is 80.2 Å². The van der Waals surface area contributed by atoms with E-state index in [9.17, 15) is 63.0 Å². The number of halogens is 8. The van der Waals surface area contributed by atoms with E-state index in [4.69, 9.17) is 37.9 Å². The molecule has 44 heteroatoms. The minimum Gasteiger partial charge on any atom is -0.507 e. The summed E-state index contributed by atoms with van der Waals surface area (Å²) >= 11 is 16.0. The van der Waals surface area contributed by atoms with E-state index in [1.165, 1.54) is 56.0 Å². The van der Waals surface area contributed by atoms with Crippen molar-refractivity contribution in [2.45, 2.75) is 45.9 Å². The lowest BCUT2D eigenvalue weighted by Crippen LogP contribution is -2.41. The van der Waals surface area contributed by atoms with Gasteiger partial charge in [-0.2, -0.15) is 8.42 Å². The molecular formula is C76H68I8N14O21S. The first-order chi connectivity index (χ1) is 57.0. The van der Waals surface area contributed by atoms with E-state index < -0.39 is 33.9 Å². The maximum absolute atomic E-state index is 12.5. The number of benzene rings is 9. The summed E-state index contributed by atoms with van der Waals surface area (Å²) in [6, 6.07) is 45.8. The molecule has 9 aromatic carbocycles. The van der Waals surface area contributed by atoms with Crippen LogP contribution < -0.4 is 36.9 Å². The number of aromatic carboxylic acids is 1. The van der Waals surface area contributed by atoms with Crippen LogP contribution in [0.15, 0.2) is 199 Å². The second-order valence-corrected chi connectivity index (χ2v) is 33.9. The third-order valence-electron chi connectivity index (χ3n) is 14.4. The topological polar surface area (TPSA) is 542 Å². The second kappa shape index (κ2) is 49.5. The summed E-state index contributed by atoms with van der Waals surface area (Å²) in [6.45, 7) is 10.5. The van der Waals surface area contributed by atoms with Crippen LogP contribution >= 0.6 is 181 Å². The van der Waals surface area contributed by atoms with Crippen molar-refractivity contribution in [2.24, 2.45) is 5.84 Å². The molecule has 4 aromatic heterocycles. The first-order valence-corrected chi connectivity index (χ1v) is 43.9. The van der Waals surface area contributed by atoms with Gasteiger partial charge in [-0.05, 0) is 359 Å². The molecule has 0 saturated heterocycles. The predicted molar refractivity (Wildman–Crippen MR) is 506 cm³/mol. The zero-order chi connectivity index (χ0) is 88.5. The van der Waals surface area contributed by atoms with Crippen LogP contribution in [-0.4, -0.2) is 140 Å². The van der Waals surface area contributed by atoms with Crippen molar-refractivity contribution >= 4 is 233 Å². The van der Waals surface area contributed by atoms with Crippen molar-refractivity contribution in [2.75, 3.05) is 30.8 Å². The largest absolute Gasteiger partial charge is 0.507 e. The first-order valence-electron chi connectivity index (χ1n) is 33.8. The molecule has 0 fully saturated rings. The molecule has 0 bridgehead atoms. The minimum atomic E-state index is -3.94. The van der Waals surface area contributed by atoms with E-state index in [0.717, 1.165) is 33.9 Å². The van der Waals surface area contributed by atoms with Gasteiger partial charge in [-0.1, -0.05) is 34.8 Å². The number of carbonyl (C=O) groups is 5. The molecule has 0 unspecified atom stereocenters. The standard InChI is InChI=1S/C17H16IN3O4S.C10H10IN3O2.C10H11IN2O3.C9H7IN2O2.C8H5IN2O2.C8H7IO3.C7H7IN2O2.C7H5IO3/c1-3-19-17-21-20-16(24-17)12-6-9-14(18)15(10-12)25-26(22,23)13-7-4-11(2)5-8-13;1-2-12-10-14-13-9(16-10)6-3-4-7(11)8(15)5-6;1-2-9(15)12-13-10(16)6-3-4-7(11)8(14)5-6;1-5-11-12-9(14-5)6-2-3-7(10)8(13)4-6;9-6-2-1-5(3-7(6)12)8-11-10-4-13-8;1-12-8(11)5-2-3-6(9)7(10)4-5;8-5-2-1-4(3-6(5)11)7(12)10-9;8-5-2-1-4(7(10)11)3-6(5)9/h4-10H,3H2,1-2H3,(H,19,21);3-5,15H,2H2,1H3,(H,12,14);3-5,14H,2H2,1H3,(H,12,15)(H,13,16);2-4,13H,1H3;1-4,12H;2-4,10H,1H3;1-3,11H,9H2,(H,10,12);1-3,9H,(H,10,11). The fraction of sp³-hybridized carbons (Fsp3) is 0.118. The molecule has 0 atom stereocenters. The van der Waals surface area contributed by atoms with Crippen molar-refractivity contribution in [3.63, 3.8) is 0 Å². The highest BCUT2D eigenvalue weighted by Crippen LogP contribution is 2.34. The number of rotatable bonds is 16. The van der Waals surface area contributed by atoms with E-state index in [2.05, 4.69) is 67.0 Å². The van der Waals surface area contributed by atoms with Gasteiger partial charge in [-0.25, -0.2) is 15.4 Å². The van der Waals surface area contributed by atoms with Crippen molar-refractivity contribution in [1.82, 2.24) is 57.1 Å². The van der Waals surface area contributed by atoms with Gasteiger partial charge in [0, 0.05) is 59.8 Å². The number of esters is 1. The number of hydrogen-bond acceptors (Lipinski definition) is 31. The quantitative estimate of drug-likeness (QED) is 0.0107. The Bertz CT molecular complexity index is 5710. The Hall–Kier alpha value is -9.36. The highest BCUT2D eigenvalue weighted by Gasteiger charge is 2.21. The van der Waals surface area contributed by atoms with Crippen LogP contribution in [0.25, 0.3) is 45.8 Å². The number of carboxylic acid groups (broad SMARTS) is 1. The number of methoxy groups -OCH3 is 1. The molecule has 13 aromatic rings. The Labute approximate surface area is 792 Å². The molecule has 4 heterocycles. The lowest BCUT2D eigenvalue weighted by Gasteiger charge is -2.09. The van der Waals surface area contributed by atoms with Crippen LogP contribution in [0.4, 0.5) is 12.0 Å². The molecule has 13 rings (SSSR count). The molecule has 0 aliphatic rings. The number of aryl methyl sites for hydroxylation is 2. The number of nitrogen functional groups attached to an aromatic ring is 1. The summed E-state index contributed by atoms with van der Waals surface area (Å²) < 4.78 is 61.6. The summed E-state index contributed by atoms with van der Waals surface area (Å²) in [6.07, 6.45) is 1.54. The number of hydrogen-bond donors (Lipinski definition) is 14. The number of hydrazine groups is 2. The number of carbonyl (C=O) groups excluding carboxylic acids is 4. The van der Waals surface area contributed by atoms with Gasteiger partial charge in [0.05, 0.1) is 46.8 Å². The Balaban J connectivity index is 0.000000216. The molecule has 15 N–H and O–H groups in total. The maximum Gasteiger partial charge on any atom is 0.339 e. The number of ether oxygens (including phenoxy) is 1. The molecule has 0 aliphatic carbocycles. The van der Waals surface area contributed by atoms with E-state index in [0.29, 0.717) is 82.2 Å². The second-order valence-electron chi connectivity index (χ2n) is 23.0. The number of aromatic hydroxyl groups is 7. The molecule has 630 valence electrons. The number of carboxylic acids is 1. The highest BCUT2D eigenvalue weighted by atomic mass is 127. The SMILES string of the molecule is CCC(=O)NNC(=O)c1ccc(I)c(O)c1.CCNc1nnc(-c2ccc(I)c(O)c2)o1.CCNc1nnc(-c2ccc(I)c(OS(=O)(=O)c3ccc(C)cc3)c2)o1.COC(=O)c1ccc(I)c(O)c1.Cc1nnc(-c2ccc(I)c(O)c2)o1.NNC(=O)c1ccc(I)c(O)c1.O=C(O)c1ccc(I)c(O)c1.Oc1cc(-c2nnco2)ccc1I. The van der Waals surface area contributed by atoms with E-state index >= 15 is 0 Å². The minimum absolute atomic E-state index is 0.00509. The van der Waals surface area contributed by atoms with Gasteiger partial charge in [0.25, 0.3) is 11.8 Å². The van der Waals surface area contributed by atoms with E-state index in [1.807, 2.05) is 225 Å². The van der Waals surface area contributed by atoms with Crippen LogP contribution in [-0.2, 0) is 19.6 Å². The number of amides is 3. The summed E-state index contributed by atoms with van der Waals surface area (Å²) in [4.78, 5) is 54.7. The number of nitrogens with zero attached hydrogens (tertiary/aromatic N) is 8. The first kappa shape index (κ1) is 99.5. The molecule has 120 heavy (non-hydrogen) atoms. The number of anilines is 2. The van der Waals surface area contributed by atoms with Crippen molar-refractivity contribution < 1.29 is 99.8 Å². The van der Waals surface area contributed by atoms with Crippen molar-refractivity contribution in [3.8, 4) is 91.8 Å². The van der Waals surface area contributed by atoms with Gasteiger partial charge in [-0.15, -0.1) is 30.6 Å². The summed E-state index contributed by atoms with van der Waals surface area (Å²) in [5.41, 5.74) is 11.2. The van der Waals surface area contributed by atoms with Crippen molar-refractivity contribution in [1.29, 1.82) is 0 Å². The van der Waals surface area contributed by atoms with Gasteiger partial charge < -0.3 is 78.1 Å². The number of nitrogens with two attached hydrogens (primary N) is 1. The Morgan fingerprint density at radius 2 is 0.808 bits per heavy atom. The third kappa shape index (κ3) is 31.9. The Morgan fingerprint density at radius 3 is 1.19 bits per heavy atom. The highest BCUT2D eigenvalue weighted by molar-refractivity contribution is 14.1. The average molecular weight is 2560 g/mol. The summed E-state index contributed by atoms with van der Waals surface area (Å²) in [7, 11) is -2.64. The Kier molecular flexibility index (Phi) is 41.0. The van der Waals surface area contributed by atoms with Gasteiger partial charge in [0.2, 0.25) is 41.8 Å². The van der Waals surface area contributed by atoms with Gasteiger partial charge in [0.1, 0.15) is 45.1 Å². The van der Waals surface area contributed by atoms with Crippen molar-refractivity contribution in [3.05, 3.63) is 239 Å². The molecule has 0 saturated carbocycles. The van der Waals surface area contributed by atoms with Crippen LogP contribution in [0.5, 0.6) is 46.0 Å². The van der Waals surface area contributed by atoms with Crippen LogP contribution in [0.3, 0.4) is 0 Å². The normalized spacial score (nSPS) is 10.2. The van der Waals surface area contributed by atoms with Crippen LogP contribution in [0.1, 0.15) is 80.1 Å². The van der Waals surface area contributed by atoms with Crippen LogP contribution in [0, 0.1) is 42.4 Å². The predicted octanol–water partition coefficient (Wildman–Crippen LogP) is 16.0. The zero-order valence-electron chi connectivity index (χ0n) is 62.8. The number of phenols is 7. The molecule has 0 radical (unpaired) electrons. The monoisotopic (exact) mass is 2560 g/mol. The zero-order valence-corrected chi connectivity index (χ0v) is 80.9. The number of nitrogens with one attached hydrogen (secondary N) is 5.